The van der Waals surface area contributed by atoms with Gasteiger partial charge in [0, 0.05) is 12.7 Å². The van der Waals surface area contributed by atoms with Crippen molar-refractivity contribution in [3.63, 3.8) is 0 Å². The number of nitrogens with one attached hydrogen (secondary N) is 2. The Labute approximate surface area is 157 Å². The first-order chi connectivity index (χ1) is 13.0. The molecule has 0 saturated heterocycles. The summed E-state index contributed by atoms with van der Waals surface area (Å²) in [5, 5.41) is 15.9. The van der Waals surface area contributed by atoms with E-state index >= 15 is 0 Å². The minimum atomic E-state index is -1.04. The summed E-state index contributed by atoms with van der Waals surface area (Å²) in [4.78, 5) is 24.1. The van der Waals surface area contributed by atoms with Crippen LogP contribution in [0.5, 0.6) is 0 Å². The van der Waals surface area contributed by atoms with Gasteiger partial charge in [0.2, 0.25) is 0 Å². The van der Waals surface area contributed by atoms with Crippen LogP contribution in [0.3, 0.4) is 0 Å². The second-order valence-corrected chi connectivity index (χ2v) is 6.66. The molecule has 3 rings (SSSR count). The van der Waals surface area contributed by atoms with E-state index in [1.54, 1.807) is 0 Å². The van der Waals surface area contributed by atoms with E-state index in [4.69, 9.17) is 0 Å². The molecule has 27 heavy (non-hydrogen) atoms. The number of fused-ring (bicyclic) bond motifs is 1. The number of nitrogens with zero attached hydrogens (tertiary/aromatic N) is 3. The highest BCUT2D eigenvalue weighted by Gasteiger charge is 2.17. The Morgan fingerprint density at radius 3 is 2.37 bits per heavy atom. The lowest BCUT2D eigenvalue weighted by atomic mass is 9.99. The molecule has 0 bridgehead atoms. The van der Waals surface area contributed by atoms with E-state index in [1.165, 1.54) is 24.2 Å². The lowest BCUT2D eigenvalue weighted by Crippen LogP contribution is -2.24. The van der Waals surface area contributed by atoms with Gasteiger partial charge in [-0.3, -0.25) is 4.98 Å². The summed E-state index contributed by atoms with van der Waals surface area (Å²) in [6, 6.07) is 9.85. The number of anilines is 1. The fourth-order valence-electron chi connectivity index (χ4n) is 2.98. The molecule has 3 N–H and O–H groups in total. The SMILES string of the molecule is CNCC(Nc1ncnc2c(C(=O)O)ccnc12)c1ccc(C(C)C)cc1. The largest absolute Gasteiger partial charge is 0.478 e. The molecule has 0 aliphatic heterocycles. The van der Waals surface area contributed by atoms with Crippen LogP contribution in [0.25, 0.3) is 11.0 Å². The predicted molar refractivity (Wildman–Crippen MR) is 105 cm³/mol. The fraction of sp³-hybridized carbons (Fsp3) is 0.300. The van der Waals surface area contributed by atoms with Crippen molar-refractivity contribution >= 4 is 22.8 Å². The molecule has 1 unspecified atom stereocenters. The zero-order valence-corrected chi connectivity index (χ0v) is 15.6. The van der Waals surface area contributed by atoms with Gasteiger partial charge in [0.25, 0.3) is 0 Å². The molecule has 0 aliphatic rings. The molecule has 1 atom stereocenters. The van der Waals surface area contributed by atoms with Crippen LogP contribution < -0.4 is 10.6 Å². The molecule has 1 aromatic carbocycles. The zero-order valence-electron chi connectivity index (χ0n) is 15.6. The van der Waals surface area contributed by atoms with Gasteiger partial charge in [0.15, 0.2) is 5.82 Å². The molecule has 7 heteroatoms. The molecular weight excluding hydrogens is 342 g/mol. The van der Waals surface area contributed by atoms with Crippen molar-refractivity contribution in [2.75, 3.05) is 18.9 Å². The molecule has 2 aromatic heterocycles. The Balaban J connectivity index is 1.97. The maximum atomic E-state index is 11.4. The van der Waals surface area contributed by atoms with Crippen LogP contribution in [0.2, 0.25) is 0 Å². The average Bonchev–Trinajstić information content (AvgIpc) is 2.67. The molecule has 0 fully saturated rings. The van der Waals surface area contributed by atoms with E-state index in [2.05, 4.69) is 63.7 Å². The average molecular weight is 365 g/mol. The Hall–Kier alpha value is -3.06. The summed E-state index contributed by atoms with van der Waals surface area (Å²) in [6.07, 6.45) is 2.82. The number of carboxylic acids is 1. The second kappa shape index (κ2) is 8.09. The summed E-state index contributed by atoms with van der Waals surface area (Å²) in [7, 11) is 1.88. The van der Waals surface area contributed by atoms with Crippen LogP contribution in [0, 0.1) is 0 Å². The van der Waals surface area contributed by atoms with Gasteiger partial charge in [-0.25, -0.2) is 14.8 Å². The van der Waals surface area contributed by atoms with Gasteiger partial charge in [-0.2, -0.15) is 0 Å². The van der Waals surface area contributed by atoms with E-state index in [0.29, 0.717) is 29.3 Å². The van der Waals surface area contributed by atoms with Gasteiger partial charge in [-0.15, -0.1) is 0 Å². The minimum Gasteiger partial charge on any atom is -0.478 e. The van der Waals surface area contributed by atoms with E-state index in [9.17, 15) is 9.90 Å². The number of benzene rings is 1. The van der Waals surface area contributed by atoms with Crippen molar-refractivity contribution in [1.29, 1.82) is 0 Å². The van der Waals surface area contributed by atoms with Crippen molar-refractivity contribution in [2.45, 2.75) is 25.8 Å². The van der Waals surface area contributed by atoms with Crippen molar-refractivity contribution in [3.8, 4) is 0 Å². The number of carboxylic acid groups (broad SMARTS) is 1. The summed E-state index contributed by atoms with van der Waals surface area (Å²) in [5.74, 6) is -0.0569. The van der Waals surface area contributed by atoms with Crippen molar-refractivity contribution < 1.29 is 9.90 Å². The molecule has 7 nitrogen and oxygen atoms in total. The van der Waals surface area contributed by atoms with Gasteiger partial charge in [0.1, 0.15) is 17.4 Å². The third-order valence-electron chi connectivity index (χ3n) is 4.48. The van der Waals surface area contributed by atoms with Crippen molar-refractivity contribution in [1.82, 2.24) is 20.3 Å². The molecular formula is C20H23N5O2. The van der Waals surface area contributed by atoms with Crippen LogP contribution in [0.15, 0.2) is 42.9 Å². The maximum Gasteiger partial charge on any atom is 0.338 e. The van der Waals surface area contributed by atoms with Crippen molar-refractivity contribution in [3.05, 3.63) is 59.5 Å². The lowest BCUT2D eigenvalue weighted by Gasteiger charge is -2.21. The monoisotopic (exact) mass is 365 g/mol. The van der Waals surface area contributed by atoms with Gasteiger partial charge in [-0.05, 0) is 30.2 Å². The molecule has 140 valence electrons. The summed E-state index contributed by atoms with van der Waals surface area (Å²) < 4.78 is 0. The number of pyridine rings is 1. The Kier molecular flexibility index (Phi) is 5.61. The van der Waals surface area contributed by atoms with E-state index in [0.717, 1.165) is 5.56 Å². The molecule has 0 spiro atoms. The lowest BCUT2D eigenvalue weighted by molar-refractivity contribution is 0.0698. The third kappa shape index (κ3) is 4.03. The zero-order chi connectivity index (χ0) is 19.4. The Morgan fingerprint density at radius 2 is 1.74 bits per heavy atom. The smallest absolute Gasteiger partial charge is 0.338 e. The maximum absolute atomic E-state index is 11.4. The van der Waals surface area contributed by atoms with Gasteiger partial charge < -0.3 is 15.7 Å². The second-order valence-electron chi connectivity index (χ2n) is 6.66. The van der Waals surface area contributed by atoms with Gasteiger partial charge in [-0.1, -0.05) is 38.1 Å². The summed E-state index contributed by atoms with van der Waals surface area (Å²) >= 11 is 0. The first kappa shape index (κ1) is 18.7. The summed E-state index contributed by atoms with van der Waals surface area (Å²) in [5.41, 5.74) is 3.26. The first-order valence-electron chi connectivity index (χ1n) is 8.85. The van der Waals surface area contributed by atoms with Gasteiger partial charge >= 0.3 is 5.97 Å². The van der Waals surface area contributed by atoms with E-state index < -0.39 is 5.97 Å². The van der Waals surface area contributed by atoms with E-state index in [-0.39, 0.29) is 11.6 Å². The number of hydrogen-bond donors (Lipinski definition) is 3. The highest BCUT2D eigenvalue weighted by atomic mass is 16.4. The number of aromatic carboxylic acids is 1. The molecule has 0 radical (unpaired) electrons. The molecule has 0 aliphatic carbocycles. The number of rotatable bonds is 7. The quantitative estimate of drug-likeness (QED) is 0.591. The third-order valence-corrected chi connectivity index (χ3v) is 4.48. The topological polar surface area (TPSA) is 100 Å². The minimum absolute atomic E-state index is 0.0513. The van der Waals surface area contributed by atoms with Gasteiger partial charge in [0.05, 0.1) is 11.6 Å². The number of hydrogen-bond acceptors (Lipinski definition) is 6. The first-order valence-corrected chi connectivity index (χ1v) is 8.85. The number of aromatic nitrogens is 3. The Morgan fingerprint density at radius 1 is 1.04 bits per heavy atom. The van der Waals surface area contributed by atoms with Crippen LogP contribution in [0.4, 0.5) is 5.82 Å². The number of carbonyl (C=O) groups is 1. The fourth-order valence-corrected chi connectivity index (χ4v) is 2.98. The predicted octanol–water partition coefficient (Wildman–Crippen LogP) is 3.22. The highest BCUT2D eigenvalue weighted by molar-refractivity contribution is 6.02. The molecule has 3 aromatic rings. The molecule has 0 amide bonds. The summed E-state index contributed by atoms with van der Waals surface area (Å²) in [6.45, 7) is 5.00. The molecule has 2 heterocycles. The van der Waals surface area contributed by atoms with Crippen LogP contribution in [-0.2, 0) is 0 Å². The standard InChI is InChI=1S/C20H23N5O2/c1-12(2)13-4-6-14(7-5-13)16(10-21-3)25-19-18-17(23-11-24-19)15(20(26)27)8-9-22-18/h4-9,11-12,16,21H,10H2,1-3H3,(H,26,27)(H,23,24,25). The van der Waals surface area contributed by atoms with Crippen LogP contribution >= 0.6 is 0 Å². The normalized spacial score (nSPS) is 12.3. The van der Waals surface area contributed by atoms with Crippen LogP contribution in [-0.4, -0.2) is 39.6 Å². The Bertz CT molecular complexity index is 941. The molecule has 0 saturated carbocycles. The highest BCUT2D eigenvalue weighted by Crippen LogP contribution is 2.25. The van der Waals surface area contributed by atoms with E-state index in [1.807, 2.05) is 7.05 Å². The number of likely N-dealkylation sites (N-methyl/N-ethyl adjacent to an activating group) is 1. The van der Waals surface area contributed by atoms with Crippen LogP contribution in [0.1, 0.15) is 47.3 Å². The van der Waals surface area contributed by atoms with Crippen molar-refractivity contribution in [2.24, 2.45) is 0 Å².